The standard InChI is InChI=1S/C12H14O2.H3O4P/c1-9(13)12(10(2)14)8-11-6-4-3-5-7-11;1-5(2,3)4/h3-7,12H,8H2,1-2H3;(H3,1,2,3,4). The van der Waals surface area contributed by atoms with E-state index >= 15 is 0 Å². The first-order valence-corrected chi connectivity index (χ1v) is 7.01. The Bertz CT molecular complexity index is 442. The summed E-state index contributed by atoms with van der Waals surface area (Å²) in [4.78, 5) is 43.9. The second kappa shape index (κ2) is 7.96. The van der Waals surface area contributed by atoms with Gasteiger partial charge in [-0.05, 0) is 25.8 Å². The first-order valence-electron chi connectivity index (χ1n) is 5.44. The van der Waals surface area contributed by atoms with Crippen molar-refractivity contribution in [2.24, 2.45) is 5.92 Å². The zero-order chi connectivity index (χ0) is 15.1. The highest BCUT2D eigenvalue weighted by molar-refractivity contribution is 7.45. The summed E-state index contributed by atoms with van der Waals surface area (Å²) < 4.78 is 8.88. The van der Waals surface area contributed by atoms with E-state index in [9.17, 15) is 9.59 Å². The van der Waals surface area contributed by atoms with Crippen LogP contribution in [0.2, 0.25) is 0 Å². The minimum atomic E-state index is -4.64. The molecule has 0 atom stereocenters. The maximum absolute atomic E-state index is 11.2. The number of hydrogen-bond donors (Lipinski definition) is 3. The number of rotatable bonds is 4. The van der Waals surface area contributed by atoms with E-state index in [1.165, 1.54) is 13.8 Å². The average molecular weight is 288 g/mol. The molecule has 0 amide bonds. The van der Waals surface area contributed by atoms with Crippen molar-refractivity contribution in [3.63, 3.8) is 0 Å². The van der Waals surface area contributed by atoms with Crippen molar-refractivity contribution in [3.8, 4) is 0 Å². The van der Waals surface area contributed by atoms with E-state index in [0.29, 0.717) is 6.42 Å². The van der Waals surface area contributed by atoms with E-state index in [0.717, 1.165) is 5.56 Å². The van der Waals surface area contributed by atoms with E-state index in [-0.39, 0.29) is 11.6 Å². The largest absolute Gasteiger partial charge is 0.466 e. The molecule has 19 heavy (non-hydrogen) atoms. The van der Waals surface area contributed by atoms with Gasteiger partial charge in [-0.3, -0.25) is 9.59 Å². The molecule has 0 aliphatic heterocycles. The van der Waals surface area contributed by atoms with Gasteiger partial charge in [-0.2, -0.15) is 0 Å². The minimum absolute atomic E-state index is 0.0543. The molecule has 106 valence electrons. The average Bonchev–Trinajstić information content (AvgIpc) is 2.24. The van der Waals surface area contributed by atoms with E-state index < -0.39 is 13.7 Å². The SMILES string of the molecule is CC(=O)C(Cc1ccccc1)C(C)=O.O=P(O)(O)O. The number of phosphoric acid groups is 1. The predicted molar refractivity (Wildman–Crippen MR) is 69.3 cm³/mol. The predicted octanol–water partition coefficient (Wildman–Crippen LogP) is 1.09. The molecule has 7 heteroatoms. The fraction of sp³-hybridized carbons (Fsp3) is 0.333. The summed E-state index contributed by atoms with van der Waals surface area (Å²) in [5.41, 5.74) is 1.03. The summed E-state index contributed by atoms with van der Waals surface area (Å²) in [6.07, 6.45) is 0.519. The zero-order valence-electron chi connectivity index (χ0n) is 10.7. The van der Waals surface area contributed by atoms with Crippen LogP contribution >= 0.6 is 7.82 Å². The Labute approximate surface area is 111 Å². The molecule has 0 heterocycles. The number of carbonyl (C=O) groups is 2. The lowest BCUT2D eigenvalue weighted by molar-refractivity contribution is -0.130. The summed E-state index contributed by atoms with van der Waals surface area (Å²) in [6, 6.07) is 9.59. The molecular weight excluding hydrogens is 271 g/mol. The van der Waals surface area contributed by atoms with Crippen molar-refractivity contribution in [3.05, 3.63) is 35.9 Å². The number of carbonyl (C=O) groups excluding carboxylic acids is 2. The molecule has 0 saturated carbocycles. The molecular formula is C12H17O6P. The number of Topliss-reactive ketones (excluding diaryl/α,β-unsaturated/α-hetero) is 2. The van der Waals surface area contributed by atoms with Crippen molar-refractivity contribution in [1.29, 1.82) is 0 Å². The molecule has 0 aromatic heterocycles. The highest BCUT2D eigenvalue weighted by Gasteiger charge is 2.19. The molecule has 0 radical (unpaired) electrons. The van der Waals surface area contributed by atoms with Gasteiger partial charge in [-0.1, -0.05) is 30.3 Å². The molecule has 0 aliphatic rings. The van der Waals surface area contributed by atoms with Gasteiger partial charge >= 0.3 is 7.82 Å². The molecule has 3 N–H and O–H groups in total. The minimum Gasteiger partial charge on any atom is -0.303 e. The lowest BCUT2D eigenvalue weighted by Crippen LogP contribution is -2.21. The lowest BCUT2D eigenvalue weighted by atomic mass is 9.93. The van der Waals surface area contributed by atoms with Gasteiger partial charge in [0, 0.05) is 0 Å². The van der Waals surface area contributed by atoms with Crippen LogP contribution < -0.4 is 0 Å². The van der Waals surface area contributed by atoms with Crippen molar-refractivity contribution in [1.82, 2.24) is 0 Å². The van der Waals surface area contributed by atoms with Crippen LogP contribution in [0.25, 0.3) is 0 Å². The highest BCUT2D eigenvalue weighted by Crippen LogP contribution is 2.25. The van der Waals surface area contributed by atoms with Crippen LogP contribution in [0.5, 0.6) is 0 Å². The molecule has 0 bridgehead atoms. The van der Waals surface area contributed by atoms with Crippen LogP contribution in [0.15, 0.2) is 30.3 Å². The Morgan fingerprint density at radius 3 is 1.74 bits per heavy atom. The van der Waals surface area contributed by atoms with Gasteiger partial charge in [0.05, 0.1) is 5.92 Å². The van der Waals surface area contributed by atoms with Crippen LogP contribution in [0.1, 0.15) is 19.4 Å². The summed E-state index contributed by atoms with van der Waals surface area (Å²) in [6.45, 7) is 2.93. The third-order valence-corrected chi connectivity index (χ3v) is 2.26. The van der Waals surface area contributed by atoms with E-state index in [4.69, 9.17) is 19.2 Å². The fourth-order valence-electron chi connectivity index (χ4n) is 1.42. The molecule has 0 saturated heterocycles. The summed E-state index contributed by atoms with van der Waals surface area (Å²) in [7, 11) is -4.64. The van der Waals surface area contributed by atoms with Gasteiger partial charge in [-0.25, -0.2) is 4.57 Å². The highest BCUT2D eigenvalue weighted by atomic mass is 31.2. The van der Waals surface area contributed by atoms with Gasteiger partial charge in [0.2, 0.25) is 0 Å². The van der Waals surface area contributed by atoms with Gasteiger partial charge < -0.3 is 14.7 Å². The molecule has 1 rings (SSSR count). The van der Waals surface area contributed by atoms with Crippen molar-refractivity contribution in [2.75, 3.05) is 0 Å². The van der Waals surface area contributed by atoms with Crippen LogP contribution in [0.4, 0.5) is 0 Å². The quantitative estimate of drug-likeness (QED) is 0.565. The molecule has 0 unspecified atom stereocenters. The Kier molecular flexibility index (Phi) is 7.41. The Morgan fingerprint density at radius 2 is 1.42 bits per heavy atom. The second-order valence-electron chi connectivity index (χ2n) is 3.98. The maximum Gasteiger partial charge on any atom is 0.466 e. The summed E-state index contributed by atoms with van der Waals surface area (Å²) >= 11 is 0. The number of hydrogen-bond acceptors (Lipinski definition) is 3. The van der Waals surface area contributed by atoms with Gasteiger partial charge in [0.1, 0.15) is 11.6 Å². The second-order valence-corrected chi connectivity index (χ2v) is 5.00. The third-order valence-electron chi connectivity index (χ3n) is 2.26. The zero-order valence-corrected chi connectivity index (χ0v) is 11.6. The van der Waals surface area contributed by atoms with E-state index in [1.54, 1.807) is 0 Å². The van der Waals surface area contributed by atoms with E-state index in [2.05, 4.69) is 0 Å². The lowest BCUT2D eigenvalue weighted by Gasteiger charge is -2.09. The summed E-state index contributed by atoms with van der Waals surface area (Å²) in [5, 5.41) is 0. The maximum atomic E-state index is 11.2. The molecule has 0 spiro atoms. The van der Waals surface area contributed by atoms with Crippen LogP contribution in [-0.2, 0) is 20.6 Å². The molecule has 6 nitrogen and oxygen atoms in total. The number of ketones is 2. The van der Waals surface area contributed by atoms with Crippen molar-refractivity contribution in [2.45, 2.75) is 20.3 Å². The van der Waals surface area contributed by atoms with Crippen LogP contribution in [0.3, 0.4) is 0 Å². The molecule has 0 fully saturated rings. The third kappa shape index (κ3) is 10.3. The number of benzene rings is 1. The van der Waals surface area contributed by atoms with Crippen molar-refractivity contribution >= 4 is 19.4 Å². The summed E-state index contributed by atoms with van der Waals surface area (Å²) in [5.74, 6) is -0.583. The Hall–Kier alpha value is -1.33. The molecule has 0 aliphatic carbocycles. The van der Waals surface area contributed by atoms with Gasteiger partial charge in [0.25, 0.3) is 0 Å². The van der Waals surface area contributed by atoms with Crippen molar-refractivity contribution < 1.29 is 28.8 Å². The van der Waals surface area contributed by atoms with Crippen LogP contribution in [-0.4, -0.2) is 26.2 Å². The smallest absolute Gasteiger partial charge is 0.303 e. The fourth-order valence-corrected chi connectivity index (χ4v) is 1.42. The first-order chi connectivity index (χ1) is 8.61. The Morgan fingerprint density at radius 1 is 1.05 bits per heavy atom. The van der Waals surface area contributed by atoms with Gasteiger partial charge in [-0.15, -0.1) is 0 Å². The van der Waals surface area contributed by atoms with E-state index in [1.807, 2.05) is 30.3 Å². The molecule has 1 aromatic carbocycles. The molecule has 1 aromatic rings. The van der Waals surface area contributed by atoms with Crippen LogP contribution in [0, 0.1) is 5.92 Å². The topological polar surface area (TPSA) is 112 Å². The first kappa shape index (κ1) is 17.7. The monoisotopic (exact) mass is 288 g/mol. The Balaban J connectivity index is 0.000000555. The normalized spacial score (nSPS) is 10.6. The van der Waals surface area contributed by atoms with Gasteiger partial charge in [0.15, 0.2) is 0 Å².